The van der Waals surface area contributed by atoms with Gasteiger partial charge < -0.3 is 0 Å². The third-order valence-electron chi connectivity index (χ3n) is 5.14. The molecular weight excluding hydrogens is 368 g/mol. The van der Waals surface area contributed by atoms with E-state index in [0.717, 1.165) is 51.6 Å². The van der Waals surface area contributed by atoms with Crippen LogP contribution in [0.3, 0.4) is 0 Å². The molecule has 144 valence electrons. The standard InChI is InChI=1S/C26H20N4/c1-2-4-19-8-11-22(12-9-19)30-18-29-25-17-28-24-13-10-20(15-23(24)26(25)30)6-7-21-5-3-14-27-16-21/h3,5,8-18H,2,4H2,1H3. The molecule has 0 spiro atoms. The minimum absolute atomic E-state index is 0.873. The number of rotatable bonds is 3. The van der Waals surface area contributed by atoms with Crippen LogP contribution in [0.5, 0.6) is 0 Å². The molecular formula is C26H20N4. The van der Waals surface area contributed by atoms with Crippen molar-refractivity contribution in [2.24, 2.45) is 0 Å². The lowest BCUT2D eigenvalue weighted by Crippen LogP contribution is -1.94. The van der Waals surface area contributed by atoms with Gasteiger partial charge in [-0.2, -0.15) is 0 Å². The fourth-order valence-electron chi connectivity index (χ4n) is 3.66. The van der Waals surface area contributed by atoms with Gasteiger partial charge in [0.05, 0.1) is 17.2 Å². The van der Waals surface area contributed by atoms with Crippen LogP contribution in [0.1, 0.15) is 30.0 Å². The molecule has 5 aromatic rings. The minimum Gasteiger partial charge on any atom is -0.298 e. The molecule has 0 N–H and O–H groups in total. The van der Waals surface area contributed by atoms with Crippen LogP contribution in [0.2, 0.25) is 0 Å². The topological polar surface area (TPSA) is 43.6 Å². The zero-order chi connectivity index (χ0) is 20.3. The monoisotopic (exact) mass is 388 g/mol. The number of fused-ring (bicyclic) bond motifs is 3. The zero-order valence-electron chi connectivity index (χ0n) is 16.7. The molecule has 0 atom stereocenters. The maximum atomic E-state index is 4.58. The molecule has 30 heavy (non-hydrogen) atoms. The summed E-state index contributed by atoms with van der Waals surface area (Å²) in [6.45, 7) is 2.20. The maximum Gasteiger partial charge on any atom is 0.108 e. The van der Waals surface area contributed by atoms with Crippen molar-refractivity contribution in [3.8, 4) is 17.5 Å². The molecule has 0 amide bonds. The molecule has 3 heterocycles. The van der Waals surface area contributed by atoms with E-state index in [1.165, 1.54) is 5.56 Å². The number of aromatic nitrogens is 4. The Kier molecular flexibility index (Phi) is 4.71. The first-order valence-electron chi connectivity index (χ1n) is 10.1. The Hall–Kier alpha value is -3.97. The number of nitrogens with zero attached hydrogens (tertiary/aromatic N) is 4. The Labute approximate surface area is 175 Å². The maximum absolute atomic E-state index is 4.58. The van der Waals surface area contributed by atoms with E-state index in [2.05, 4.69) is 68.6 Å². The first kappa shape index (κ1) is 18.1. The summed E-state index contributed by atoms with van der Waals surface area (Å²) in [5.41, 5.74) is 7.13. The summed E-state index contributed by atoms with van der Waals surface area (Å²) in [6, 6.07) is 18.7. The van der Waals surface area contributed by atoms with Crippen LogP contribution in [0.25, 0.3) is 27.6 Å². The number of aryl methyl sites for hydroxylation is 1. The third-order valence-corrected chi connectivity index (χ3v) is 5.14. The van der Waals surface area contributed by atoms with Crippen molar-refractivity contribution in [2.45, 2.75) is 19.8 Å². The van der Waals surface area contributed by atoms with Crippen LogP contribution in [0.15, 0.2) is 79.5 Å². The predicted molar refractivity (Wildman–Crippen MR) is 121 cm³/mol. The second-order valence-corrected chi connectivity index (χ2v) is 7.25. The van der Waals surface area contributed by atoms with E-state index in [4.69, 9.17) is 0 Å². The van der Waals surface area contributed by atoms with Crippen molar-refractivity contribution in [1.29, 1.82) is 0 Å². The van der Waals surface area contributed by atoms with Gasteiger partial charge in [-0.25, -0.2) is 4.98 Å². The van der Waals surface area contributed by atoms with Gasteiger partial charge in [-0.05, 0) is 54.4 Å². The SMILES string of the molecule is CCCc1ccc(-n2cnc3cnc4ccc(C#Cc5cccnc5)cc4c32)cc1. The summed E-state index contributed by atoms with van der Waals surface area (Å²) in [6.07, 6.45) is 9.46. The van der Waals surface area contributed by atoms with Crippen LogP contribution in [-0.4, -0.2) is 19.5 Å². The van der Waals surface area contributed by atoms with E-state index in [-0.39, 0.29) is 0 Å². The first-order valence-corrected chi connectivity index (χ1v) is 10.1. The molecule has 0 saturated heterocycles. The average Bonchev–Trinajstić information content (AvgIpc) is 3.24. The Morgan fingerprint density at radius 2 is 1.73 bits per heavy atom. The molecule has 0 unspecified atom stereocenters. The summed E-state index contributed by atoms with van der Waals surface area (Å²) in [4.78, 5) is 13.3. The van der Waals surface area contributed by atoms with Gasteiger partial charge in [-0.1, -0.05) is 37.3 Å². The predicted octanol–water partition coefficient (Wildman–Crippen LogP) is 5.32. The molecule has 0 fully saturated rings. The molecule has 4 nitrogen and oxygen atoms in total. The quantitative estimate of drug-likeness (QED) is 0.393. The third kappa shape index (κ3) is 3.42. The smallest absolute Gasteiger partial charge is 0.108 e. The zero-order valence-corrected chi connectivity index (χ0v) is 16.7. The molecule has 0 radical (unpaired) electrons. The van der Waals surface area contributed by atoms with Crippen molar-refractivity contribution in [3.05, 3.63) is 96.2 Å². The Morgan fingerprint density at radius 3 is 2.53 bits per heavy atom. The largest absolute Gasteiger partial charge is 0.298 e. The van der Waals surface area contributed by atoms with Gasteiger partial charge in [-0.3, -0.25) is 14.5 Å². The van der Waals surface area contributed by atoms with E-state index >= 15 is 0 Å². The number of hydrogen-bond donors (Lipinski definition) is 0. The summed E-state index contributed by atoms with van der Waals surface area (Å²) in [7, 11) is 0. The van der Waals surface area contributed by atoms with Crippen molar-refractivity contribution >= 4 is 21.9 Å². The molecule has 3 aromatic heterocycles. The van der Waals surface area contributed by atoms with Crippen molar-refractivity contribution in [1.82, 2.24) is 19.5 Å². The highest BCUT2D eigenvalue weighted by Crippen LogP contribution is 2.26. The van der Waals surface area contributed by atoms with Crippen LogP contribution in [0.4, 0.5) is 0 Å². The van der Waals surface area contributed by atoms with Crippen LogP contribution in [-0.2, 0) is 6.42 Å². The normalized spacial score (nSPS) is 10.8. The van der Waals surface area contributed by atoms with Gasteiger partial charge in [0.15, 0.2) is 0 Å². The van der Waals surface area contributed by atoms with Crippen LogP contribution >= 0.6 is 0 Å². The van der Waals surface area contributed by atoms with Crippen molar-refractivity contribution in [2.75, 3.05) is 0 Å². The first-order chi connectivity index (χ1) is 14.8. The molecule has 0 saturated carbocycles. The number of hydrogen-bond acceptors (Lipinski definition) is 3. The fraction of sp³-hybridized carbons (Fsp3) is 0.115. The van der Waals surface area contributed by atoms with Gasteiger partial charge in [0.25, 0.3) is 0 Å². The van der Waals surface area contributed by atoms with Gasteiger partial charge >= 0.3 is 0 Å². The summed E-state index contributed by atoms with van der Waals surface area (Å²) in [5, 5.41) is 1.04. The fourth-order valence-corrected chi connectivity index (χ4v) is 3.66. The summed E-state index contributed by atoms with van der Waals surface area (Å²) >= 11 is 0. The molecule has 0 aliphatic rings. The summed E-state index contributed by atoms with van der Waals surface area (Å²) in [5.74, 6) is 6.42. The summed E-state index contributed by atoms with van der Waals surface area (Å²) < 4.78 is 2.13. The number of imidazole rings is 1. The van der Waals surface area contributed by atoms with Gasteiger partial charge in [0.2, 0.25) is 0 Å². The van der Waals surface area contributed by atoms with Crippen LogP contribution in [0, 0.1) is 11.8 Å². The Morgan fingerprint density at radius 1 is 0.867 bits per heavy atom. The lowest BCUT2D eigenvalue weighted by Gasteiger charge is -2.08. The second-order valence-electron chi connectivity index (χ2n) is 7.25. The Balaban J connectivity index is 1.63. The van der Waals surface area contributed by atoms with E-state index < -0.39 is 0 Å². The highest BCUT2D eigenvalue weighted by atomic mass is 15.1. The lowest BCUT2D eigenvalue weighted by atomic mass is 10.1. The van der Waals surface area contributed by atoms with Gasteiger partial charge in [0.1, 0.15) is 11.8 Å². The highest BCUT2D eigenvalue weighted by Gasteiger charge is 2.10. The van der Waals surface area contributed by atoms with E-state index in [1.54, 1.807) is 12.4 Å². The highest BCUT2D eigenvalue weighted by molar-refractivity contribution is 6.03. The van der Waals surface area contributed by atoms with Crippen LogP contribution < -0.4 is 0 Å². The van der Waals surface area contributed by atoms with Gasteiger partial charge in [0, 0.05) is 34.6 Å². The van der Waals surface area contributed by atoms with E-state index in [9.17, 15) is 0 Å². The number of benzene rings is 2. The molecule has 0 aliphatic heterocycles. The molecule has 4 heteroatoms. The minimum atomic E-state index is 0.873. The van der Waals surface area contributed by atoms with Gasteiger partial charge in [-0.15, -0.1) is 0 Å². The number of pyridine rings is 2. The Bertz CT molecular complexity index is 1390. The molecule has 0 bridgehead atoms. The van der Waals surface area contributed by atoms with Crippen molar-refractivity contribution < 1.29 is 0 Å². The van der Waals surface area contributed by atoms with E-state index in [1.807, 2.05) is 36.8 Å². The molecule has 5 rings (SSSR count). The lowest BCUT2D eigenvalue weighted by molar-refractivity contribution is 0.920. The second kappa shape index (κ2) is 7.81. The molecule has 2 aromatic carbocycles. The van der Waals surface area contributed by atoms with Crippen molar-refractivity contribution in [3.63, 3.8) is 0 Å². The van der Waals surface area contributed by atoms with E-state index in [0.29, 0.717) is 0 Å². The molecule has 0 aliphatic carbocycles. The average molecular weight is 388 g/mol.